The Morgan fingerprint density at radius 1 is 0.857 bits per heavy atom. The second-order valence-corrected chi connectivity index (χ2v) is 9.96. The van der Waals surface area contributed by atoms with Crippen molar-refractivity contribution in [3.63, 3.8) is 0 Å². The highest BCUT2D eigenvalue weighted by molar-refractivity contribution is 5.91. The molecule has 35 heavy (non-hydrogen) atoms. The van der Waals surface area contributed by atoms with Gasteiger partial charge in [0, 0.05) is 24.3 Å². The summed E-state index contributed by atoms with van der Waals surface area (Å²) in [4.78, 5) is 36.6. The molecule has 0 aromatic carbocycles. The number of hydrazine groups is 1. The lowest BCUT2D eigenvalue weighted by molar-refractivity contribution is -0.357. The van der Waals surface area contributed by atoms with E-state index in [0.29, 0.717) is 19.3 Å². The van der Waals surface area contributed by atoms with E-state index in [-0.39, 0.29) is 38.2 Å². The van der Waals surface area contributed by atoms with Crippen LogP contribution >= 0.6 is 0 Å². The predicted molar refractivity (Wildman–Crippen MR) is 102 cm³/mol. The van der Waals surface area contributed by atoms with Crippen LogP contribution in [0.1, 0.15) is 44.9 Å². The molecule has 5 rings (SSSR count). The molecule has 9 nitrogen and oxygen atoms in total. The standard InChI is InChI=1S/C20H25F6N3O6/c21-19(22,23)34-5-10-1-11(2-10)15(31)28-29-16(32)17-7-18(8-17,9-17)27-14(30)6-33-12-3-13(4-12)35-20(24,25)26/h10-13H,1-9H2,(H,27,30)(H,28,31)(H,29,32). The van der Waals surface area contributed by atoms with E-state index in [4.69, 9.17) is 4.74 Å². The molecule has 15 heteroatoms. The van der Waals surface area contributed by atoms with Crippen molar-refractivity contribution >= 4 is 17.7 Å². The fraction of sp³-hybridized carbons (Fsp3) is 0.850. The first-order valence-electron chi connectivity index (χ1n) is 11.1. The summed E-state index contributed by atoms with van der Waals surface area (Å²) in [5, 5.41) is 2.79. The van der Waals surface area contributed by atoms with Crippen molar-refractivity contribution in [2.75, 3.05) is 13.2 Å². The minimum atomic E-state index is -4.71. The maximum atomic E-state index is 12.4. The molecule has 0 saturated heterocycles. The zero-order chi connectivity index (χ0) is 25.6. The molecule has 198 valence electrons. The fourth-order valence-corrected chi connectivity index (χ4v) is 5.28. The molecule has 5 fully saturated rings. The molecule has 0 aromatic rings. The molecular formula is C20H25F6N3O6. The highest BCUT2D eigenvalue weighted by atomic mass is 19.4. The van der Waals surface area contributed by atoms with Crippen LogP contribution in [0.5, 0.6) is 0 Å². The van der Waals surface area contributed by atoms with E-state index < -0.39 is 66.1 Å². The highest BCUT2D eigenvalue weighted by Crippen LogP contribution is 2.67. The Balaban J connectivity index is 1.06. The largest absolute Gasteiger partial charge is 0.522 e. The minimum Gasteiger partial charge on any atom is -0.368 e. The van der Waals surface area contributed by atoms with Crippen LogP contribution in [0.3, 0.4) is 0 Å². The molecule has 5 aliphatic rings. The van der Waals surface area contributed by atoms with Gasteiger partial charge in [-0.15, -0.1) is 26.3 Å². The second-order valence-electron chi connectivity index (χ2n) is 9.96. The van der Waals surface area contributed by atoms with Crippen molar-refractivity contribution in [1.82, 2.24) is 16.2 Å². The molecule has 0 heterocycles. The van der Waals surface area contributed by atoms with Crippen LogP contribution < -0.4 is 16.2 Å². The number of carbonyl (C=O) groups excluding carboxylic acids is 3. The third-order valence-corrected chi connectivity index (χ3v) is 7.11. The summed E-state index contributed by atoms with van der Waals surface area (Å²) in [5.41, 5.74) is 3.41. The Labute approximate surface area is 195 Å². The number of alkyl halides is 6. The van der Waals surface area contributed by atoms with Crippen LogP contribution in [0.25, 0.3) is 0 Å². The van der Waals surface area contributed by atoms with E-state index in [2.05, 4.69) is 25.6 Å². The third-order valence-electron chi connectivity index (χ3n) is 7.11. The van der Waals surface area contributed by atoms with Gasteiger partial charge in [0.1, 0.15) is 6.61 Å². The molecular weight excluding hydrogens is 492 g/mol. The second kappa shape index (κ2) is 9.07. The number of halogens is 6. The number of hydrogen-bond donors (Lipinski definition) is 3. The van der Waals surface area contributed by atoms with E-state index >= 15 is 0 Å². The molecule has 0 radical (unpaired) electrons. The van der Waals surface area contributed by atoms with E-state index in [0.717, 1.165) is 0 Å². The van der Waals surface area contributed by atoms with Gasteiger partial charge in [-0.1, -0.05) is 0 Å². The number of amides is 3. The van der Waals surface area contributed by atoms with Gasteiger partial charge in [-0.3, -0.25) is 34.7 Å². The molecule has 3 amide bonds. The molecule has 3 N–H and O–H groups in total. The monoisotopic (exact) mass is 517 g/mol. The summed E-state index contributed by atoms with van der Waals surface area (Å²) in [7, 11) is 0. The quantitative estimate of drug-likeness (QED) is 0.318. The highest BCUT2D eigenvalue weighted by Gasteiger charge is 2.72. The molecule has 0 aromatic heterocycles. The van der Waals surface area contributed by atoms with E-state index in [1.165, 1.54) is 0 Å². The first-order chi connectivity index (χ1) is 16.2. The lowest BCUT2D eigenvalue weighted by Crippen LogP contribution is -2.79. The zero-order valence-electron chi connectivity index (χ0n) is 18.4. The lowest BCUT2D eigenvalue weighted by atomic mass is 9.39. The summed E-state index contributed by atoms with van der Waals surface area (Å²) in [6.07, 6.45) is -9.16. The first-order valence-corrected chi connectivity index (χ1v) is 11.1. The van der Waals surface area contributed by atoms with Gasteiger partial charge in [0.05, 0.1) is 24.2 Å². The Kier molecular flexibility index (Phi) is 6.72. The van der Waals surface area contributed by atoms with Gasteiger partial charge >= 0.3 is 12.7 Å². The Hall–Kier alpha value is -2.13. The van der Waals surface area contributed by atoms with Crippen LogP contribution in [-0.2, 0) is 28.6 Å². The molecule has 2 bridgehead atoms. The van der Waals surface area contributed by atoms with Crippen LogP contribution in [-0.4, -0.2) is 61.4 Å². The topological polar surface area (TPSA) is 115 Å². The van der Waals surface area contributed by atoms with E-state index in [1.807, 2.05) is 0 Å². The van der Waals surface area contributed by atoms with E-state index in [9.17, 15) is 40.7 Å². The molecule has 5 aliphatic carbocycles. The predicted octanol–water partition coefficient (Wildman–Crippen LogP) is 1.82. The zero-order valence-corrected chi connectivity index (χ0v) is 18.4. The Bertz CT molecular complexity index is 833. The normalized spacial score (nSPS) is 35.5. The minimum absolute atomic E-state index is 0.0514. The molecule has 0 atom stereocenters. The summed E-state index contributed by atoms with van der Waals surface area (Å²) in [6.45, 7) is -0.813. The number of hydrogen-bond acceptors (Lipinski definition) is 6. The van der Waals surface area contributed by atoms with E-state index in [1.54, 1.807) is 0 Å². The first kappa shape index (κ1) is 25.9. The van der Waals surface area contributed by atoms with Crippen molar-refractivity contribution in [3.8, 4) is 0 Å². The number of ether oxygens (including phenoxy) is 3. The Morgan fingerprint density at radius 2 is 1.49 bits per heavy atom. The van der Waals surface area contributed by atoms with Crippen molar-refractivity contribution < 1.29 is 54.9 Å². The molecule has 0 spiro atoms. The van der Waals surface area contributed by atoms with Gasteiger partial charge in [0.25, 0.3) is 0 Å². The number of nitrogens with one attached hydrogen (secondary N) is 3. The number of carbonyl (C=O) groups is 3. The summed E-state index contributed by atoms with van der Waals surface area (Å²) >= 11 is 0. The third kappa shape index (κ3) is 6.17. The summed E-state index contributed by atoms with van der Waals surface area (Å²) in [5.74, 6) is -2.18. The molecule has 0 unspecified atom stereocenters. The molecule has 0 aliphatic heterocycles. The average molecular weight is 517 g/mol. The van der Waals surface area contributed by atoms with Gasteiger partial charge in [0.2, 0.25) is 17.7 Å². The van der Waals surface area contributed by atoms with Gasteiger partial charge in [-0.2, -0.15) is 0 Å². The van der Waals surface area contributed by atoms with Gasteiger partial charge < -0.3 is 10.1 Å². The smallest absolute Gasteiger partial charge is 0.368 e. The van der Waals surface area contributed by atoms with Crippen LogP contribution in [0.2, 0.25) is 0 Å². The summed E-state index contributed by atoms with van der Waals surface area (Å²) < 4.78 is 85.2. The average Bonchev–Trinajstić information content (AvgIpc) is 2.59. The Morgan fingerprint density at radius 3 is 2.06 bits per heavy atom. The number of rotatable bonds is 9. The summed E-state index contributed by atoms with van der Waals surface area (Å²) in [6, 6.07) is 0. The maximum Gasteiger partial charge on any atom is 0.522 e. The van der Waals surface area contributed by atoms with Crippen molar-refractivity contribution in [2.45, 2.75) is 75.4 Å². The lowest BCUT2D eigenvalue weighted by Gasteiger charge is -2.68. The van der Waals surface area contributed by atoms with Gasteiger partial charge in [0.15, 0.2) is 0 Å². The SMILES string of the molecule is O=C(COC1CC(OC(F)(F)F)C1)NC12CC(C(=O)NNC(=O)C3CC(COC(F)(F)F)C3)(C1)C2. The molecule has 5 saturated carbocycles. The van der Waals surface area contributed by atoms with Crippen LogP contribution in [0, 0.1) is 17.3 Å². The van der Waals surface area contributed by atoms with Crippen molar-refractivity contribution in [3.05, 3.63) is 0 Å². The fourth-order valence-electron chi connectivity index (χ4n) is 5.28. The van der Waals surface area contributed by atoms with Crippen LogP contribution in [0.15, 0.2) is 0 Å². The van der Waals surface area contributed by atoms with Crippen molar-refractivity contribution in [2.24, 2.45) is 17.3 Å². The van der Waals surface area contributed by atoms with Gasteiger partial charge in [-0.05, 0) is 38.0 Å². The van der Waals surface area contributed by atoms with Crippen LogP contribution in [0.4, 0.5) is 26.3 Å². The van der Waals surface area contributed by atoms with Crippen molar-refractivity contribution in [1.29, 1.82) is 0 Å². The van der Waals surface area contributed by atoms with Gasteiger partial charge in [-0.25, -0.2) is 0 Å². The maximum absolute atomic E-state index is 12.4.